The molecule has 1 aliphatic rings. The molecule has 4 aromatic carbocycles. The highest BCUT2D eigenvalue weighted by atomic mass is 35.5. The Kier molecular flexibility index (Phi) is 24.4. The highest BCUT2D eigenvalue weighted by Crippen LogP contribution is 2.25. The summed E-state index contributed by atoms with van der Waals surface area (Å²) in [5.74, 6) is -8.63. The van der Waals surface area contributed by atoms with Crippen LogP contribution in [0.4, 0.5) is 0 Å². The van der Waals surface area contributed by atoms with Gasteiger partial charge in [0.15, 0.2) is 0 Å². The molecule has 1 heterocycles. The standard InChI is InChI=1S/C54H68ClN11O12S2/c1-29(67)45-53(77)64-43(54(78)66(2)44(47(59)71)26-33-12-20-37(69)21-13-33)28-80-79-27-42(63-48(72)38(57)23-30-8-16-35(55)17-9-30)52(76)62-41(25-32-10-18-36(68)19-11-32)51(75)61-40(24-31-6-14-34(15-7-31)46(58)70)50(74)60-39(49(73)65-45)5-3-4-22-56/h6-21,29,38-45,67-69H,3-5,22-28,56-57H2,1-2H3,(H2,58,70)(H2,59,71)(H,60,74)(H,61,75)(H,62,76)(H,63,72)(H,64,77)(H,65,73)/t29?,38-,39-,40+,41-,42+,43-,44+,45?/m0/s1. The minimum absolute atomic E-state index is 0.0255. The smallest absolute Gasteiger partial charge is 0.248 e. The van der Waals surface area contributed by atoms with Gasteiger partial charge in [0.05, 0.1) is 12.1 Å². The monoisotopic (exact) mass is 1160 g/mol. The number of carbonyl (C=O) groups excluding carboxylic acids is 9. The summed E-state index contributed by atoms with van der Waals surface area (Å²) in [5, 5.41) is 47.3. The number of rotatable bonds is 19. The molecule has 9 atom stereocenters. The zero-order chi connectivity index (χ0) is 58.6. The molecule has 430 valence electrons. The molecule has 1 aliphatic heterocycles. The fourth-order valence-electron chi connectivity index (χ4n) is 8.35. The number of aliphatic hydroxyl groups excluding tert-OH is 1. The number of halogens is 1. The fraction of sp³-hybridized carbons (Fsp3) is 0.389. The second-order valence-corrected chi connectivity index (χ2v) is 22.2. The number of phenols is 2. The number of aliphatic hydroxyl groups is 1. The van der Waals surface area contributed by atoms with Gasteiger partial charge in [-0.15, -0.1) is 0 Å². The van der Waals surface area contributed by atoms with E-state index in [1.165, 1.54) is 86.8 Å². The Hall–Kier alpha value is -7.42. The zero-order valence-electron chi connectivity index (χ0n) is 44.0. The lowest BCUT2D eigenvalue weighted by Gasteiger charge is -2.31. The number of amides is 9. The number of nitrogens with one attached hydrogen (secondary N) is 6. The van der Waals surface area contributed by atoms with Crippen molar-refractivity contribution in [2.45, 2.75) is 106 Å². The van der Waals surface area contributed by atoms with Crippen molar-refractivity contribution in [1.29, 1.82) is 0 Å². The zero-order valence-corrected chi connectivity index (χ0v) is 46.4. The van der Waals surface area contributed by atoms with Crippen LogP contribution in [0.25, 0.3) is 0 Å². The van der Waals surface area contributed by atoms with E-state index in [-0.39, 0.29) is 73.6 Å². The molecule has 4 aromatic rings. The van der Waals surface area contributed by atoms with Crippen LogP contribution >= 0.6 is 33.2 Å². The second kappa shape index (κ2) is 30.8. The van der Waals surface area contributed by atoms with Crippen molar-refractivity contribution in [3.05, 3.63) is 130 Å². The van der Waals surface area contributed by atoms with E-state index in [2.05, 4.69) is 31.9 Å². The van der Waals surface area contributed by atoms with E-state index in [4.69, 9.17) is 34.5 Å². The van der Waals surface area contributed by atoms with Crippen LogP contribution in [0.3, 0.4) is 0 Å². The van der Waals surface area contributed by atoms with Crippen LogP contribution < -0.4 is 54.8 Å². The van der Waals surface area contributed by atoms with Crippen molar-refractivity contribution < 1.29 is 58.5 Å². The van der Waals surface area contributed by atoms with E-state index in [0.29, 0.717) is 33.7 Å². The third kappa shape index (κ3) is 19.4. The van der Waals surface area contributed by atoms with Gasteiger partial charge in [0.1, 0.15) is 53.8 Å². The number of nitrogens with zero attached hydrogens (tertiary/aromatic N) is 1. The van der Waals surface area contributed by atoms with Crippen LogP contribution in [0.1, 0.15) is 58.8 Å². The van der Waals surface area contributed by atoms with Gasteiger partial charge in [-0.3, -0.25) is 43.2 Å². The number of benzene rings is 4. The normalized spacial score (nSPS) is 20.9. The first-order valence-electron chi connectivity index (χ1n) is 25.5. The van der Waals surface area contributed by atoms with Crippen LogP contribution in [0.5, 0.6) is 11.5 Å². The van der Waals surface area contributed by atoms with Gasteiger partial charge in [0.2, 0.25) is 53.2 Å². The molecule has 0 aliphatic carbocycles. The van der Waals surface area contributed by atoms with Gasteiger partial charge >= 0.3 is 0 Å². The lowest BCUT2D eigenvalue weighted by Crippen LogP contribution is -2.62. The number of nitrogens with two attached hydrogens (primary N) is 4. The Morgan fingerprint density at radius 1 is 0.662 bits per heavy atom. The van der Waals surface area contributed by atoms with E-state index in [9.17, 15) is 58.5 Å². The highest BCUT2D eigenvalue weighted by molar-refractivity contribution is 8.76. The molecule has 2 unspecified atom stereocenters. The molecule has 26 heteroatoms. The van der Waals surface area contributed by atoms with Gasteiger partial charge in [0, 0.05) is 48.4 Å². The Balaban J connectivity index is 1.59. The highest BCUT2D eigenvalue weighted by Gasteiger charge is 2.38. The summed E-state index contributed by atoms with van der Waals surface area (Å²) in [4.78, 5) is 127. The Morgan fingerprint density at radius 3 is 1.69 bits per heavy atom. The molecule has 17 N–H and O–H groups in total. The largest absolute Gasteiger partial charge is 0.508 e. The molecule has 23 nitrogen and oxygen atoms in total. The first-order valence-corrected chi connectivity index (χ1v) is 28.3. The van der Waals surface area contributed by atoms with Crippen molar-refractivity contribution in [1.82, 2.24) is 36.8 Å². The summed E-state index contributed by atoms with van der Waals surface area (Å²) in [6, 6.07) is 12.3. The first-order chi connectivity index (χ1) is 38.0. The molecular formula is C54H68ClN11O12S2. The Labute approximate surface area is 475 Å². The molecule has 0 spiro atoms. The Morgan fingerprint density at radius 2 is 1.15 bits per heavy atom. The third-order valence-corrected chi connectivity index (χ3v) is 15.7. The minimum Gasteiger partial charge on any atom is -0.508 e. The molecule has 0 saturated carbocycles. The first kappa shape index (κ1) is 63.4. The number of unbranched alkanes of at least 4 members (excludes halogenated alkanes) is 1. The maximum absolute atomic E-state index is 14.8. The van der Waals surface area contributed by atoms with Gasteiger partial charge in [0.25, 0.3) is 0 Å². The van der Waals surface area contributed by atoms with Gasteiger partial charge in [-0.2, -0.15) is 0 Å². The Bertz CT molecular complexity index is 2800. The molecule has 80 heavy (non-hydrogen) atoms. The van der Waals surface area contributed by atoms with Crippen LogP contribution in [-0.2, 0) is 64.0 Å². The number of aromatic hydroxyl groups is 2. The maximum atomic E-state index is 14.8. The number of primary amides is 2. The average Bonchev–Trinajstić information content (AvgIpc) is 3.43. The van der Waals surface area contributed by atoms with Gasteiger partial charge in [-0.25, -0.2) is 0 Å². The maximum Gasteiger partial charge on any atom is 0.248 e. The number of likely N-dealkylation sites (N-methyl/N-ethyl adjacent to an activating group) is 1. The summed E-state index contributed by atoms with van der Waals surface area (Å²) in [6.45, 7) is 1.42. The van der Waals surface area contributed by atoms with E-state index >= 15 is 0 Å². The lowest BCUT2D eigenvalue weighted by molar-refractivity contribution is -0.141. The summed E-state index contributed by atoms with van der Waals surface area (Å²) in [6.07, 6.45) is -1.55. The molecule has 9 amide bonds. The van der Waals surface area contributed by atoms with Crippen LogP contribution in [0, 0.1) is 0 Å². The van der Waals surface area contributed by atoms with Crippen LogP contribution in [0.15, 0.2) is 97.1 Å². The SMILES string of the molecule is CC(O)C1NC(=O)[C@H](CCCCN)NC(=O)[C@@H](Cc2ccc(C(N)=O)cc2)NC(=O)[C@H](Cc2ccc(O)cc2)NC(=O)[C@H](NC(=O)[C@@H](N)Cc2ccc(Cl)cc2)CSSC[C@@H](C(=O)N(C)[C@H](Cc2ccc(O)cc2)C(N)=O)NC1=O. The summed E-state index contributed by atoms with van der Waals surface area (Å²) < 4.78 is 0. The molecule has 0 bridgehead atoms. The number of phenolic OH excluding ortho intramolecular Hbond substituents is 2. The lowest BCUT2D eigenvalue weighted by atomic mass is 10.00. The van der Waals surface area contributed by atoms with Crippen molar-refractivity contribution in [2.75, 3.05) is 25.1 Å². The van der Waals surface area contributed by atoms with E-state index in [0.717, 1.165) is 26.5 Å². The minimum atomic E-state index is -1.76. The van der Waals surface area contributed by atoms with Crippen molar-refractivity contribution >= 4 is 86.4 Å². The molecule has 5 rings (SSSR count). The summed E-state index contributed by atoms with van der Waals surface area (Å²) in [7, 11) is 3.22. The third-order valence-electron chi connectivity index (χ3n) is 13.0. The van der Waals surface area contributed by atoms with Crippen LogP contribution in [-0.4, -0.2) is 153 Å². The quantitative estimate of drug-likeness (QED) is 0.0419. The van der Waals surface area contributed by atoms with Gasteiger partial charge in [-0.1, -0.05) is 81.7 Å². The van der Waals surface area contributed by atoms with Gasteiger partial charge < -0.3 is 75.1 Å². The molecule has 0 radical (unpaired) electrons. The second-order valence-electron chi connectivity index (χ2n) is 19.2. The predicted octanol–water partition coefficient (Wildman–Crippen LogP) is -0.426. The summed E-state index contributed by atoms with van der Waals surface area (Å²) >= 11 is 6.07. The molecule has 1 fully saturated rings. The number of carbonyl (C=O) groups is 9. The fourth-order valence-corrected chi connectivity index (χ4v) is 10.8. The summed E-state index contributed by atoms with van der Waals surface area (Å²) in [5.41, 5.74) is 25.7. The van der Waals surface area contributed by atoms with E-state index in [1.807, 2.05) is 0 Å². The molecule has 0 aromatic heterocycles. The van der Waals surface area contributed by atoms with Crippen molar-refractivity contribution in [2.24, 2.45) is 22.9 Å². The van der Waals surface area contributed by atoms with E-state index in [1.54, 1.807) is 24.3 Å². The topological polar surface area (TPSA) is 394 Å². The van der Waals surface area contributed by atoms with Crippen molar-refractivity contribution in [3.8, 4) is 11.5 Å². The van der Waals surface area contributed by atoms with Crippen LogP contribution in [0.2, 0.25) is 5.02 Å². The number of hydrogen-bond donors (Lipinski definition) is 13. The average molecular weight is 1160 g/mol. The number of hydrogen-bond acceptors (Lipinski definition) is 16. The predicted molar refractivity (Wildman–Crippen MR) is 302 cm³/mol. The molecular weight excluding hydrogens is 1090 g/mol. The molecule has 1 saturated heterocycles. The van der Waals surface area contributed by atoms with Crippen molar-refractivity contribution in [3.63, 3.8) is 0 Å². The van der Waals surface area contributed by atoms with E-state index < -0.39 is 108 Å². The van der Waals surface area contributed by atoms with Gasteiger partial charge in [-0.05, 0) is 110 Å².